The zero-order chi connectivity index (χ0) is 16.1. The van der Waals surface area contributed by atoms with E-state index in [0.717, 1.165) is 6.21 Å². The fourth-order valence-corrected chi connectivity index (χ4v) is 1.85. The van der Waals surface area contributed by atoms with Crippen LogP contribution in [-0.4, -0.2) is 22.2 Å². The number of carbonyl (C=O) groups excluding carboxylic acids is 1. The Balaban J connectivity index is 2.14. The van der Waals surface area contributed by atoms with Gasteiger partial charge < -0.3 is 5.11 Å². The number of aromatic hydroxyl groups is 1. The second-order valence-electron chi connectivity index (χ2n) is 4.18. The van der Waals surface area contributed by atoms with Crippen LogP contribution in [0.2, 0.25) is 5.02 Å². The van der Waals surface area contributed by atoms with Crippen molar-refractivity contribution >= 4 is 29.4 Å². The molecule has 0 radical (unpaired) electrons. The molecule has 0 atom stereocenters. The third-order valence-electron chi connectivity index (χ3n) is 2.71. The Labute approximate surface area is 130 Å². The van der Waals surface area contributed by atoms with Gasteiger partial charge in [-0.3, -0.25) is 14.9 Å². The first-order valence-electron chi connectivity index (χ1n) is 6.04. The number of nitrogens with zero attached hydrogens (tertiary/aromatic N) is 2. The van der Waals surface area contributed by atoms with Gasteiger partial charge in [-0.1, -0.05) is 23.7 Å². The van der Waals surface area contributed by atoms with Gasteiger partial charge >= 0.3 is 0 Å². The maximum atomic E-state index is 11.8. The number of halogens is 1. The lowest BCUT2D eigenvalue weighted by molar-refractivity contribution is -0.385. The van der Waals surface area contributed by atoms with Crippen molar-refractivity contribution in [3.63, 3.8) is 0 Å². The Morgan fingerprint density at radius 3 is 2.77 bits per heavy atom. The predicted octanol–water partition coefficient (Wildman–Crippen LogP) is 2.72. The number of benzene rings is 2. The summed E-state index contributed by atoms with van der Waals surface area (Å²) in [5, 5.41) is 24.3. The molecule has 22 heavy (non-hydrogen) atoms. The normalized spacial score (nSPS) is 10.6. The van der Waals surface area contributed by atoms with Crippen LogP contribution in [0.1, 0.15) is 15.9 Å². The molecule has 0 saturated carbocycles. The van der Waals surface area contributed by atoms with Gasteiger partial charge in [-0.25, -0.2) is 5.43 Å². The van der Waals surface area contributed by atoms with Gasteiger partial charge in [0.2, 0.25) is 0 Å². The molecule has 0 aliphatic rings. The number of hydrogen-bond donors (Lipinski definition) is 2. The number of phenols is 1. The molecule has 2 aromatic carbocycles. The SMILES string of the molecule is O=C(N/N=C\c1ccccc1[N+](=O)[O-])c1cc(Cl)ccc1O. The van der Waals surface area contributed by atoms with Crippen molar-refractivity contribution in [2.75, 3.05) is 0 Å². The Morgan fingerprint density at radius 2 is 2.05 bits per heavy atom. The van der Waals surface area contributed by atoms with E-state index in [9.17, 15) is 20.0 Å². The van der Waals surface area contributed by atoms with Crippen LogP contribution in [0.3, 0.4) is 0 Å². The molecule has 0 heterocycles. The summed E-state index contributed by atoms with van der Waals surface area (Å²) in [6.07, 6.45) is 1.15. The van der Waals surface area contributed by atoms with Crippen molar-refractivity contribution in [1.29, 1.82) is 0 Å². The Kier molecular flexibility index (Phi) is 4.70. The highest BCUT2D eigenvalue weighted by Crippen LogP contribution is 2.21. The molecule has 0 aliphatic heterocycles. The number of nitro benzene ring substituents is 1. The van der Waals surface area contributed by atoms with E-state index in [1.54, 1.807) is 6.07 Å². The van der Waals surface area contributed by atoms with Crippen LogP contribution < -0.4 is 5.43 Å². The molecule has 0 unspecified atom stereocenters. The summed E-state index contributed by atoms with van der Waals surface area (Å²) >= 11 is 5.74. The summed E-state index contributed by atoms with van der Waals surface area (Å²) in [5.74, 6) is -0.933. The molecule has 0 saturated heterocycles. The number of para-hydroxylation sites is 1. The molecular weight excluding hydrogens is 310 g/mol. The van der Waals surface area contributed by atoms with Crippen LogP contribution >= 0.6 is 11.6 Å². The van der Waals surface area contributed by atoms with Crippen molar-refractivity contribution in [1.82, 2.24) is 5.43 Å². The molecule has 0 bridgehead atoms. The van der Waals surface area contributed by atoms with Gasteiger partial charge in [-0.15, -0.1) is 0 Å². The zero-order valence-electron chi connectivity index (χ0n) is 11.1. The quantitative estimate of drug-likeness (QED) is 0.513. The molecule has 0 fully saturated rings. The van der Waals surface area contributed by atoms with Gasteiger partial charge in [0.1, 0.15) is 5.75 Å². The number of carbonyl (C=O) groups is 1. The standard InChI is InChI=1S/C14H10ClN3O4/c15-10-5-6-13(19)11(7-10)14(20)17-16-8-9-3-1-2-4-12(9)18(21)22/h1-8,19H,(H,17,20)/b16-8-. The first kappa shape index (κ1) is 15.5. The van der Waals surface area contributed by atoms with Gasteiger partial charge in [0, 0.05) is 11.1 Å². The van der Waals surface area contributed by atoms with E-state index < -0.39 is 10.8 Å². The molecule has 8 heteroatoms. The first-order valence-corrected chi connectivity index (χ1v) is 6.42. The van der Waals surface area contributed by atoms with E-state index in [2.05, 4.69) is 10.5 Å². The first-order chi connectivity index (χ1) is 10.5. The predicted molar refractivity (Wildman–Crippen MR) is 81.3 cm³/mol. The van der Waals surface area contributed by atoms with Crippen molar-refractivity contribution in [2.45, 2.75) is 0 Å². The smallest absolute Gasteiger partial charge is 0.278 e. The molecule has 2 rings (SSSR count). The summed E-state index contributed by atoms with van der Waals surface area (Å²) < 4.78 is 0. The monoisotopic (exact) mass is 319 g/mol. The average Bonchev–Trinajstić information content (AvgIpc) is 2.50. The molecule has 7 nitrogen and oxygen atoms in total. The number of nitrogens with one attached hydrogen (secondary N) is 1. The van der Waals surface area contributed by atoms with Crippen LogP contribution in [0, 0.1) is 10.1 Å². The van der Waals surface area contributed by atoms with E-state index >= 15 is 0 Å². The van der Waals surface area contributed by atoms with E-state index in [1.165, 1.54) is 36.4 Å². The van der Waals surface area contributed by atoms with E-state index in [4.69, 9.17) is 11.6 Å². The number of rotatable bonds is 4. The largest absolute Gasteiger partial charge is 0.507 e. The van der Waals surface area contributed by atoms with Crippen LogP contribution in [0.5, 0.6) is 5.75 Å². The van der Waals surface area contributed by atoms with Crippen molar-refractivity contribution in [3.05, 3.63) is 68.7 Å². The summed E-state index contributed by atoms with van der Waals surface area (Å²) in [6, 6.07) is 9.95. The third kappa shape index (κ3) is 3.58. The lowest BCUT2D eigenvalue weighted by Crippen LogP contribution is -2.17. The fourth-order valence-electron chi connectivity index (χ4n) is 1.67. The zero-order valence-corrected chi connectivity index (χ0v) is 11.8. The van der Waals surface area contributed by atoms with Gasteiger partial charge in [0.15, 0.2) is 0 Å². The van der Waals surface area contributed by atoms with Crippen molar-refractivity contribution in [2.24, 2.45) is 5.10 Å². The summed E-state index contributed by atoms with van der Waals surface area (Å²) in [6.45, 7) is 0. The summed E-state index contributed by atoms with van der Waals surface area (Å²) in [5.41, 5.74) is 2.23. The van der Waals surface area contributed by atoms with E-state index in [-0.39, 0.29) is 27.6 Å². The second-order valence-corrected chi connectivity index (χ2v) is 4.61. The molecule has 1 amide bonds. The summed E-state index contributed by atoms with van der Waals surface area (Å²) in [7, 11) is 0. The minimum absolute atomic E-state index is 0.0489. The molecular formula is C14H10ClN3O4. The Bertz CT molecular complexity index is 762. The number of hydrazone groups is 1. The van der Waals surface area contributed by atoms with Crippen molar-refractivity contribution < 1.29 is 14.8 Å². The van der Waals surface area contributed by atoms with E-state index in [1.807, 2.05) is 0 Å². The van der Waals surface area contributed by atoms with Crippen LogP contribution in [0.25, 0.3) is 0 Å². The maximum absolute atomic E-state index is 11.8. The second kappa shape index (κ2) is 6.68. The molecule has 2 N–H and O–H groups in total. The van der Waals surface area contributed by atoms with Gasteiger partial charge in [-0.2, -0.15) is 5.10 Å². The minimum atomic E-state index is -0.685. The summed E-state index contributed by atoms with van der Waals surface area (Å²) in [4.78, 5) is 22.1. The van der Waals surface area contributed by atoms with Crippen LogP contribution in [0.15, 0.2) is 47.6 Å². The van der Waals surface area contributed by atoms with Gasteiger partial charge in [-0.05, 0) is 24.3 Å². The number of nitro groups is 1. The highest BCUT2D eigenvalue weighted by Gasteiger charge is 2.12. The van der Waals surface area contributed by atoms with E-state index in [0.29, 0.717) is 0 Å². The molecule has 0 aliphatic carbocycles. The lowest BCUT2D eigenvalue weighted by Gasteiger charge is -2.03. The molecule has 2 aromatic rings. The average molecular weight is 320 g/mol. The number of amides is 1. The Morgan fingerprint density at radius 1 is 1.32 bits per heavy atom. The minimum Gasteiger partial charge on any atom is -0.507 e. The maximum Gasteiger partial charge on any atom is 0.278 e. The number of phenolic OH excluding ortho intramolecular Hbond substituents is 1. The highest BCUT2D eigenvalue weighted by atomic mass is 35.5. The molecule has 112 valence electrons. The third-order valence-corrected chi connectivity index (χ3v) is 2.94. The fraction of sp³-hybridized carbons (Fsp3) is 0. The van der Waals surface area contributed by atoms with Crippen molar-refractivity contribution in [3.8, 4) is 5.75 Å². The van der Waals surface area contributed by atoms with Gasteiger partial charge in [0.25, 0.3) is 11.6 Å². The Hall–Kier alpha value is -2.93. The van der Waals surface area contributed by atoms with Crippen LogP contribution in [-0.2, 0) is 0 Å². The van der Waals surface area contributed by atoms with Gasteiger partial charge in [0.05, 0.1) is 22.3 Å². The molecule has 0 spiro atoms. The lowest BCUT2D eigenvalue weighted by atomic mass is 10.2. The molecule has 0 aromatic heterocycles. The number of hydrogen-bond acceptors (Lipinski definition) is 5. The topological polar surface area (TPSA) is 105 Å². The van der Waals surface area contributed by atoms with Crippen LogP contribution in [0.4, 0.5) is 5.69 Å². The highest BCUT2D eigenvalue weighted by molar-refractivity contribution is 6.31.